The van der Waals surface area contributed by atoms with Crippen molar-refractivity contribution in [1.29, 1.82) is 0 Å². The summed E-state index contributed by atoms with van der Waals surface area (Å²) in [6.45, 7) is 3.34. The molecule has 0 saturated heterocycles. The molecule has 0 radical (unpaired) electrons. The van der Waals surface area contributed by atoms with Crippen LogP contribution in [0.15, 0.2) is 18.2 Å². The Morgan fingerprint density at radius 2 is 2.04 bits per heavy atom. The predicted octanol–water partition coefficient (Wildman–Crippen LogP) is 3.38. The molecule has 24 heavy (non-hydrogen) atoms. The Morgan fingerprint density at radius 1 is 1.33 bits per heavy atom. The SMILES string of the molecule is CCn1nc(C)c(NC(=O)c2ccc(OC(F)F)c(OC)c2)c1C. The third-order valence-electron chi connectivity index (χ3n) is 3.56. The molecule has 0 fully saturated rings. The van der Waals surface area contributed by atoms with Crippen molar-refractivity contribution in [2.45, 2.75) is 33.9 Å². The van der Waals surface area contributed by atoms with Crippen LogP contribution in [0.25, 0.3) is 0 Å². The van der Waals surface area contributed by atoms with E-state index >= 15 is 0 Å². The molecule has 0 bridgehead atoms. The third-order valence-corrected chi connectivity index (χ3v) is 3.56. The van der Waals surface area contributed by atoms with Gasteiger partial charge in [0.05, 0.1) is 24.2 Å². The number of methoxy groups -OCH3 is 1. The molecule has 6 nitrogen and oxygen atoms in total. The van der Waals surface area contributed by atoms with Gasteiger partial charge in [-0.15, -0.1) is 0 Å². The van der Waals surface area contributed by atoms with Gasteiger partial charge in [0.25, 0.3) is 5.91 Å². The molecule has 1 aromatic carbocycles. The fourth-order valence-electron chi connectivity index (χ4n) is 2.37. The first-order chi connectivity index (χ1) is 11.4. The first kappa shape index (κ1) is 17.7. The number of carbonyl (C=O) groups is 1. The topological polar surface area (TPSA) is 65.4 Å². The summed E-state index contributed by atoms with van der Waals surface area (Å²) in [4.78, 5) is 12.4. The molecule has 0 saturated carbocycles. The molecule has 0 unspecified atom stereocenters. The highest BCUT2D eigenvalue weighted by Gasteiger charge is 2.17. The Morgan fingerprint density at radius 3 is 2.58 bits per heavy atom. The fraction of sp³-hybridized carbons (Fsp3) is 0.375. The zero-order valence-corrected chi connectivity index (χ0v) is 13.9. The number of nitrogens with zero attached hydrogens (tertiary/aromatic N) is 2. The smallest absolute Gasteiger partial charge is 0.387 e. The largest absolute Gasteiger partial charge is 0.493 e. The molecule has 8 heteroatoms. The molecule has 1 amide bonds. The number of hydrogen-bond donors (Lipinski definition) is 1. The highest BCUT2D eigenvalue weighted by atomic mass is 19.3. The van der Waals surface area contributed by atoms with Crippen molar-refractivity contribution in [2.24, 2.45) is 0 Å². The number of amides is 1. The van der Waals surface area contributed by atoms with Gasteiger partial charge >= 0.3 is 6.61 Å². The van der Waals surface area contributed by atoms with Gasteiger partial charge in [-0.05, 0) is 39.0 Å². The summed E-state index contributed by atoms with van der Waals surface area (Å²) < 4.78 is 35.8. The summed E-state index contributed by atoms with van der Waals surface area (Å²) in [5, 5.41) is 7.12. The second kappa shape index (κ2) is 7.29. The molecule has 2 rings (SSSR count). The van der Waals surface area contributed by atoms with Gasteiger partial charge in [0.15, 0.2) is 11.5 Å². The Labute approximate surface area is 138 Å². The molecule has 1 aromatic heterocycles. The van der Waals surface area contributed by atoms with Gasteiger partial charge in [0, 0.05) is 12.1 Å². The molecule has 130 valence electrons. The van der Waals surface area contributed by atoms with E-state index in [-0.39, 0.29) is 17.1 Å². The number of carbonyl (C=O) groups excluding carboxylic acids is 1. The van der Waals surface area contributed by atoms with Crippen LogP contribution in [0.1, 0.15) is 28.7 Å². The Kier molecular flexibility index (Phi) is 5.38. The number of benzene rings is 1. The first-order valence-electron chi connectivity index (χ1n) is 7.35. The van der Waals surface area contributed by atoms with Crippen LogP contribution >= 0.6 is 0 Å². The minimum Gasteiger partial charge on any atom is -0.493 e. The monoisotopic (exact) mass is 339 g/mol. The number of ether oxygens (including phenoxy) is 2. The number of anilines is 1. The molecule has 1 N–H and O–H groups in total. The highest BCUT2D eigenvalue weighted by Crippen LogP contribution is 2.30. The van der Waals surface area contributed by atoms with E-state index < -0.39 is 12.5 Å². The molecule has 0 aliphatic carbocycles. The first-order valence-corrected chi connectivity index (χ1v) is 7.35. The number of aromatic nitrogens is 2. The van der Waals surface area contributed by atoms with E-state index in [9.17, 15) is 13.6 Å². The summed E-state index contributed by atoms with van der Waals surface area (Å²) in [5.41, 5.74) is 2.44. The normalized spacial score (nSPS) is 10.8. The Bertz CT molecular complexity index is 744. The summed E-state index contributed by atoms with van der Waals surface area (Å²) in [7, 11) is 1.31. The van der Waals surface area contributed by atoms with Crippen LogP contribution in [0.5, 0.6) is 11.5 Å². The van der Waals surface area contributed by atoms with Crippen LogP contribution in [0.4, 0.5) is 14.5 Å². The molecular formula is C16H19F2N3O3. The Balaban J connectivity index is 2.26. The van der Waals surface area contributed by atoms with E-state index in [1.165, 1.54) is 25.3 Å². The summed E-state index contributed by atoms with van der Waals surface area (Å²) >= 11 is 0. The third kappa shape index (κ3) is 3.64. The van der Waals surface area contributed by atoms with E-state index in [1.54, 1.807) is 11.6 Å². The van der Waals surface area contributed by atoms with Crippen molar-refractivity contribution >= 4 is 11.6 Å². The van der Waals surface area contributed by atoms with E-state index in [4.69, 9.17) is 4.74 Å². The maximum atomic E-state index is 12.4. The minimum atomic E-state index is -2.97. The number of nitrogens with one attached hydrogen (secondary N) is 1. The quantitative estimate of drug-likeness (QED) is 0.876. The molecule has 2 aromatic rings. The van der Waals surface area contributed by atoms with Gasteiger partial charge in [0.1, 0.15) is 0 Å². The summed E-state index contributed by atoms with van der Waals surface area (Å²) in [6.07, 6.45) is 0. The fourth-order valence-corrected chi connectivity index (χ4v) is 2.37. The van der Waals surface area contributed by atoms with Crippen molar-refractivity contribution < 1.29 is 23.0 Å². The van der Waals surface area contributed by atoms with Gasteiger partial charge < -0.3 is 14.8 Å². The van der Waals surface area contributed by atoms with E-state index in [0.29, 0.717) is 17.9 Å². The van der Waals surface area contributed by atoms with Gasteiger partial charge in [-0.25, -0.2) is 0 Å². The lowest BCUT2D eigenvalue weighted by atomic mass is 10.1. The molecule has 0 aliphatic heterocycles. The molecular weight excluding hydrogens is 320 g/mol. The van der Waals surface area contributed by atoms with Crippen LogP contribution < -0.4 is 14.8 Å². The second-order valence-electron chi connectivity index (χ2n) is 5.06. The standard InChI is InChI=1S/C16H19F2N3O3/c1-5-21-10(3)14(9(2)20-21)19-15(22)11-6-7-12(24-16(17)18)13(8-11)23-4/h6-8,16H,5H2,1-4H3,(H,19,22). The number of alkyl halides is 2. The van der Waals surface area contributed by atoms with Crippen molar-refractivity contribution in [3.8, 4) is 11.5 Å². The minimum absolute atomic E-state index is 0.0562. The highest BCUT2D eigenvalue weighted by molar-refractivity contribution is 6.05. The van der Waals surface area contributed by atoms with Crippen molar-refractivity contribution in [1.82, 2.24) is 9.78 Å². The molecule has 0 spiro atoms. The lowest BCUT2D eigenvalue weighted by Crippen LogP contribution is -2.14. The zero-order valence-electron chi connectivity index (χ0n) is 13.9. The van der Waals surface area contributed by atoms with Crippen LogP contribution in [-0.4, -0.2) is 29.4 Å². The maximum absolute atomic E-state index is 12.4. The van der Waals surface area contributed by atoms with Crippen LogP contribution in [0, 0.1) is 13.8 Å². The van der Waals surface area contributed by atoms with Crippen molar-refractivity contribution in [3.05, 3.63) is 35.2 Å². The lowest BCUT2D eigenvalue weighted by molar-refractivity contribution is -0.0512. The second-order valence-corrected chi connectivity index (χ2v) is 5.06. The van der Waals surface area contributed by atoms with Gasteiger partial charge in [-0.2, -0.15) is 13.9 Å². The lowest BCUT2D eigenvalue weighted by Gasteiger charge is -2.12. The number of aryl methyl sites for hydroxylation is 2. The average molecular weight is 339 g/mol. The number of hydrogen-bond acceptors (Lipinski definition) is 4. The van der Waals surface area contributed by atoms with Gasteiger partial charge in [0.2, 0.25) is 0 Å². The number of rotatable bonds is 6. The van der Waals surface area contributed by atoms with E-state index in [1.807, 2.05) is 13.8 Å². The number of halogens is 2. The summed E-state index contributed by atoms with van der Waals surface area (Å²) in [5.74, 6) is -0.463. The summed E-state index contributed by atoms with van der Waals surface area (Å²) in [6, 6.07) is 4.02. The van der Waals surface area contributed by atoms with Gasteiger partial charge in [-0.3, -0.25) is 9.48 Å². The zero-order chi connectivity index (χ0) is 17.9. The Hall–Kier alpha value is -2.64. The predicted molar refractivity (Wildman–Crippen MR) is 85.0 cm³/mol. The van der Waals surface area contributed by atoms with E-state index in [2.05, 4.69) is 15.2 Å². The maximum Gasteiger partial charge on any atom is 0.387 e. The molecule has 0 atom stereocenters. The van der Waals surface area contributed by atoms with Crippen LogP contribution in [0.2, 0.25) is 0 Å². The van der Waals surface area contributed by atoms with E-state index in [0.717, 1.165) is 5.69 Å². The van der Waals surface area contributed by atoms with Crippen LogP contribution in [-0.2, 0) is 6.54 Å². The molecule has 0 aliphatic rings. The average Bonchev–Trinajstić information content (AvgIpc) is 2.82. The van der Waals surface area contributed by atoms with Crippen molar-refractivity contribution in [3.63, 3.8) is 0 Å². The van der Waals surface area contributed by atoms with Crippen molar-refractivity contribution in [2.75, 3.05) is 12.4 Å². The molecule has 1 heterocycles. The van der Waals surface area contributed by atoms with Gasteiger partial charge in [-0.1, -0.05) is 0 Å². The van der Waals surface area contributed by atoms with Crippen LogP contribution in [0.3, 0.4) is 0 Å².